The molecule has 1 aromatic rings. The number of nitrogens with zero attached hydrogens (tertiary/aromatic N) is 1. The van der Waals surface area contributed by atoms with E-state index in [0.717, 1.165) is 51.7 Å². The Morgan fingerprint density at radius 2 is 2.04 bits per heavy atom. The third-order valence-corrected chi connectivity index (χ3v) is 6.74. The highest BCUT2D eigenvalue weighted by Gasteiger charge is 2.35. The standard InChI is InChI=1S/C21H33N3O2S.HI/c1-22-20(23-13-7-14-26-18-10-15-25-16-18)24-17-21(11-5-6-12-21)27-19-8-3-2-4-9-19;/h2-4,8-9,18H,5-7,10-17H2,1H3,(H2,22,23,24);1H. The molecular formula is C21H34IN3O2S. The molecule has 0 aromatic heterocycles. The number of rotatable bonds is 9. The van der Waals surface area contributed by atoms with Crippen molar-refractivity contribution >= 4 is 41.7 Å². The van der Waals surface area contributed by atoms with Crippen LogP contribution in [0.1, 0.15) is 38.5 Å². The predicted octanol–water partition coefficient (Wildman–Crippen LogP) is 4.07. The lowest BCUT2D eigenvalue weighted by Gasteiger charge is -2.29. The van der Waals surface area contributed by atoms with Crippen LogP contribution in [-0.4, -0.2) is 56.8 Å². The third kappa shape index (κ3) is 7.72. The quantitative estimate of drug-likeness (QED) is 0.223. The molecule has 1 heterocycles. The van der Waals surface area contributed by atoms with E-state index in [4.69, 9.17) is 9.47 Å². The van der Waals surface area contributed by atoms with Crippen molar-refractivity contribution in [2.45, 2.75) is 54.3 Å². The molecule has 1 saturated heterocycles. The summed E-state index contributed by atoms with van der Waals surface area (Å²) in [5, 5.41) is 6.98. The van der Waals surface area contributed by atoms with Crippen LogP contribution in [0.25, 0.3) is 0 Å². The van der Waals surface area contributed by atoms with Crippen molar-refractivity contribution in [3.63, 3.8) is 0 Å². The van der Waals surface area contributed by atoms with Crippen molar-refractivity contribution in [1.82, 2.24) is 10.6 Å². The van der Waals surface area contributed by atoms with Gasteiger partial charge in [-0.05, 0) is 37.8 Å². The number of halogens is 1. The average Bonchev–Trinajstić information content (AvgIpc) is 3.37. The monoisotopic (exact) mass is 519 g/mol. The fourth-order valence-electron chi connectivity index (χ4n) is 3.71. The summed E-state index contributed by atoms with van der Waals surface area (Å²) in [6.45, 7) is 4.17. The van der Waals surface area contributed by atoms with Crippen LogP contribution in [-0.2, 0) is 9.47 Å². The summed E-state index contributed by atoms with van der Waals surface area (Å²) < 4.78 is 11.4. The number of benzene rings is 1. The maximum absolute atomic E-state index is 5.81. The first-order chi connectivity index (χ1) is 13.3. The lowest BCUT2D eigenvalue weighted by Crippen LogP contribution is -2.45. The maximum Gasteiger partial charge on any atom is 0.191 e. The molecule has 1 atom stereocenters. The maximum atomic E-state index is 5.81. The van der Waals surface area contributed by atoms with Gasteiger partial charge in [0.05, 0.1) is 12.7 Å². The fourth-order valence-corrected chi connectivity index (χ4v) is 5.14. The molecule has 1 saturated carbocycles. The molecule has 7 heteroatoms. The van der Waals surface area contributed by atoms with Crippen LogP contribution in [0.15, 0.2) is 40.2 Å². The van der Waals surface area contributed by atoms with E-state index in [0.29, 0.717) is 6.10 Å². The molecule has 0 bridgehead atoms. The lowest BCUT2D eigenvalue weighted by atomic mass is 10.1. The van der Waals surface area contributed by atoms with Gasteiger partial charge in [-0.25, -0.2) is 0 Å². The van der Waals surface area contributed by atoms with Gasteiger partial charge in [0.1, 0.15) is 0 Å². The molecule has 1 aromatic carbocycles. The number of hydrogen-bond donors (Lipinski definition) is 2. The number of ether oxygens (including phenoxy) is 2. The van der Waals surface area contributed by atoms with Gasteiger partial charge in [-0.3, -0.25) is 4.99 Å². The van der Waals surface area contributed by atoms with Crippen LogP contribution in [0.3, 0.4) is 0 Å². The highest BCUT2D eigenvalue weighted by Crippen LogP contribution is 2.44. The number of nitrogens with one attached hydrogen (secondary N) is 2. The summed E-state index contributed by atoms with van der Waals surface area (Å²) in [6.07, 6.45) is 7.44. The number of thioether (sulfide) groups is 1. The summed E-state index contributed by atoms with van der Waals surface area (Å²) in [4.78, 5) is 5.75. The molecule has 158 valence electrons. The summed E-state index contributed by atoms with van der Waals surface area (Å²) in [7, 11) is 1.84. The SMILES string of the molecule is CN=C(NCCCOC1CCOC1)NCC1(Sc2ccccc2)CCCC1.I. The second-order valence-electron chi connectivity index (χ2n) is 7.37. The van der Waals surface area contributed by atoms with E-state index in [1.54, 1.807) is 0 Å². The topological polar surface area (TPSA) is 54.9 Å². The predicted molar refractivity (Wildman–Crippen MR) is 128 cm³/mol. The highest BCUT2D eigenvalue weighted by atomic mass is 127. The molecule has 0 radical (unpaired) electrons. The zero-order valence-corrected chi connectivity index (χ0v) is 20.0. The van der Waals surface area contributed by atoms with Crippen molar-refractivity contribution < 1.29 is 9.47 Å². The van der Waals surface area contributed by atoms with Crippen molar-refractivity contribution in [2.75, 3.05) is 40.0 Å². The van der Waals surface area contributed by atoms with Crippen molar-refractivity contribution in [2.24, 2.45) is 4.99 Å². The normalized spacial score (nSPS) is 21.3. The minimum Gasteiger partial charge on any atom is -0.379 e. The van der Waals surface area contributed by atoms with Gasteiger partial charge in [0.15, 0.2) is 5.96 Å². The number of guanidine groups is 1. The minimum atomic E-state index is 0. The minimum absolute atomic E-state index is 0. The van der Waals surface area contributed by atoms with Gasteiger partial charge < -0.3 is 20.1 Å². The third-order valence-electron chi connectivity index (χ3n) is 5.25. The first-order valence-corrected chi connectivity index (χ1v) is 11.0. The van der Waals surface area contributed by atoms with Crippen LogP contribution in [0.2, 0.25) is 0 Å². The van der Waals surface area contributed by atoms with Gasteiger partial charge in [-0.2, -0.15) is 0 Å². The fraction of sp³-hybridized carbons (Fsp3) is 0.667. The van der Waals surface area contributed by atoms with E-state index < -0.39 is 0 Å². The molecule has 28 heavy (non-hydrogen) atoms. The number of aliphatic imine (C=N–C) groups is 1. The van der Waals surface area contributed by atoms with Gasteiger partial charge in [0.25, 0.3) is 0 Å². The second kappa shape index (κ2) is 12.9. The molecule has 0 amide bonds. The van der Waals surface area contributed by atoms with Gasteiger partial charge in [-0.15, -0.1) is 35.7 Å². The number of hydrogen-bond acceptors (Lipinski definition) is 4. The van der Waals surface area contributed by atoms with E-state index in [2.05, 4.69) is 46.0 Å². The molecule has 5 nitrogen and oxygen atoms in total. The van der Waals surface area contributed by atoms with Crippen molar-refractivity contribution in [1.29, 1.82) is 0 Å². The highest BCUT2D eigenvalue weighted by molar-refractivity contribution is 14.0. The van der Waals surface area contributed by atoms with Crippen molar-refractivity contribution in [3.05, 3.63) is 30.3 Å². The van der Waals surface area contributed by atoms with Gasteiger partial charge in [0.2, 0.25) is 0 Å². The van der Waals surface area contributed by atoms with E-state index in [1.165, 1.54) is 30.6 Å². The Balaban J connectivity index is 0.00000280. The molecule has 1 aliphatic carbocycles. The molecule has 0 spiro atoms. The summed E-state index contributed by atoms with van der Waals surface area (Å²) >= 11 is 2.02. The molecule has 2 aliphatic rings. The zero-order valence-electron chi connectivity index (χ0n) is 16.8. The first kappa shape index (κ1) is 23.8. The molecule has 2 fully saturated rings. The Hall–Kier alpha value is -0.510. The van der Waals surface area contributed by atoms with Gasteiger partial charge in [-0.1, -0.05) is 31.0 Å². The van der Waals surface area contributed by atoms with E-state index >= 15 is 0 Å². The smallest absolute Gasteiger partial charge is 0.191 e. The van der Waals surface area contributed by atoms with Crippen molar-refractivity contribution in [3.8, 4) is 0 Å². The Labute approximate surface area is 190 Å². The Bertz CT molecular complexity index is 576. The van der Waals surface area contributed by atoms with Crippen LogP contribution in [0.4, 0.5) is 0 Å². The summed E-state index contributed by atoms with van der Waals surface area (Å²) in [6, 6.07) is 10.8. The zero-order chi connectivity index (χ0) is 18.8. The molecular weight excluding hydrogens is 485 g/mol. The molecule has 1 unspecified atom stereocenters. The summed E-state index contributed by atoms with van der Waals surface area (Å²) in [5.41, 5.74) is 0. The van der Waals surface area contributed by atoms with Gasteiger partial charge in [0, 0.05) is 43.0 Å². The lowest BCUT2D eigenvalue weighted by molar-refractivity contribution is 0.0420. The molecule has 1 aliphatic heterocycles. The van der Waals surface area contributed by atoms with E-state index in [-0.39, 0.29) is 28.7 Å². The first-order valence-electron chi connectivity index (χ1n) is 10.2. The van der Waals surface area contributed by atoms with Crippen LogP contribution in [0.5, 0.6) is 0 Å². The van der Waals surface area contributed by atoms with Crippen LogP contribution in [0, 0.1) is 0 Å². The second-order valence-corrected chi connectivity index (χ2v) is 8.91. The van der Waals surface area contributed by atoms with Gasteiger partial charge >= 0.3 is 0 Å². The van der Waals surface area contributed by atoms with Crippen LogP contribution >= 0.6 is 35.7 Å². The molecule has 2 N–H and O–H groups in total. The molecule has 3 rings (SSSR count). The average molecular weight is 519 g/mol. The summed E-state index contributed by atoms with van der Waals surface area (Å²) in [5.74, 6) is 0.888. The van der Waals surface area contributed by atoms with Crippen LogP contribution < -0.4 is 10.6 Å². The van der Waals surface area contributed by atoms with E-state index in [1.807, 2.05) is 18.8 Å². The van der Waals surface area contributed by atoms with E-state index in [9.17, 15) is 0 Å². The largest absolute Gasteiger partial charge is 0.379 e. The Morgan fingerprint density at radius 1 is 1.25 bits per heavy atom. The Morgan fingerprint density at radius 3 is 2.71 bits per heavy atom. The Kier molecular flexibility index (Phi) is 11.0.